The van der Waals surface area contributed by atoms with E-state index in [0.29, 0.717) is 26.8 Å². The Morgan fingerprint density at radius 2 is 1.50 bits per heavy atom. The second kappa shape index (κ2) is 13.2. The van der Waals surface area contributed by atoms with Crippen LogP contribution in [0.4, 0.5) is 4.79 Å². The lowest BCUT2D eigenvalue weighted by Gasteiger charge is -2.39. The molecule has 0 saturated carbocycles. The molecule has 4 aliphatic rings. The summed E-state index contributed by atoms with van der Waals surface area (Å²) in [6.07, 6.45) is -2.49. The Balaban J connectivity index is 1.11. The molecule has 16 heteroatoms. The minimum Gasteiger partial charge on any atom is -0.448 e. The van der Waals surface area contributed by atoms with Crippen molar-refractivity contribution >= 4 is 35.8 Å². The van der Waals surface area contributed by atoms with Crippen molar-refractivity contribution in [2.75, 3.05) is 19.8 Å². The molecule has 4 fully saturated rings. The van der Waals surface area contributed by atoms with Gasteiger partial charge in [0.15, 0.2) is 12.1 Å². The van der Waals surface area contributed by atoms with E-state index in [9.17, 15) is 28.8 Å². The molecular weight excluding hydrogens is 656 g/mol. The molecule has 0 aromatic heterocycles. The van der Waals surface area contributed by atoms with Gasteiger partial charge in [-0.05, 0) is 16.7 Å². The fourth-order valence-corrected chi connectivity index (χ4v) is 6.05. The molecule has 3 amide bonds. The standard InChI is InChI=1S/C34H30N4O12/c39-26-16-17-34(49-26,31(43)48-28(23-12-6-2-7-13-23)24-14-8-3-9-15-24)38-29(41)25(20-46-38)37-30(42)33(21-47-37)35-50-27(40)18-36(33)32(44)45-19-22-10-4-1-5-11-22/h1-15,25,28,35H,16-21H2/t25-,33+,34?/m0/s1. The van der Waals surface area contributed by atoms with Gasteiger partial charge in [0.05, 0.1) is 6.42 Å². The van der Waals surface area contributed by atoms with Gasteiger partial charge in [-0.25, -0.2) is 19.4 Å². The number of nitrogens with zero attached hydrogens (tertiary/aromatic N) is 3. The largest absolute Gasteiger partial charge is 0.448 e. The van der Waals surface area contributed by atoms with E-state index in [4.69, 9.17) is 28.7 Å². The van der Waals surface area contributed by atoms with E-state index in [-0.39, 0.29) is 19.4 Å². The lowest BCUT2D eigenvalue weighted by molar-refractivity contribution is -0.260. The third-order valence-corrected chi connectivity index (χ3v) is 8.63. The number of rotatable bonds is 8. The van der Waals surface area contributed by atoms with E-state index in [2.05, 4.69) is 5.48 Å². The van der Waals surface area contributed by atoms with Crippen LogP contribution in [0.15, 0.2) is 91.0 Å². The highest BCUT2D eigenvalue weighted by molar-refractivity contribution is 5.98. The minimum absolute atomic E-state index is 0.156. The van der Waals surface area contributed by atoms with Crippen LogP contribution < -0.4 is 5.48 Å². The zero-order valence-electron chi connectivity index (χ0n) is 26.3. The van der Waals surface area contributed by atoms with Crippen molar-refractivity contribution in [2.24, 2.45) is 0 Å². The topological polar surface area (TPSA) is 180 Å². The summed E-state index contributed by atoms with van der Waals surface area (Å²) in [5.41, 5.74) is -0.230. The first-order valence-corrected chi connectivity index (χ1v) is 15.6. The molecule has 16 nitrogen and oxygen atoms in total. The van der Waals surface area contributed by atoms with E-state index in [1.165, 1.54) is 0 Å². The van der Waals surface area contributed by atoms with Crippen LogP contribution in [-0.4, -0.2) is 88.0 Å². The summed E-state index contributed by atoms with van der Waals surface area (Å²) in [6, 6.07) is 25.0. The lowest BCUT2D eigenvalue weighted by Crippen LogP contribution is -2.71. The number of cyclic esters (lactones) is 1. The number of hydroxylamine groups is 5. The number of hydrogen-bond acceptors (Lipinski definition) is 13. The summed E-state index contributed by atoms with van der Waals surface area (Å²) in [6.45, 7) is -1.93. The number of benzene rings is 3. The third kappa shape index (κ3) is 5.78. The third-order valence-electron chi connectivity index (χ3n) is 8.63. The van der Waals surface area contributed by atoms with Crippen molar-refractivity contribution in [1.82, 2.24) is 20.5 Å². The van der Waals surface area contributed by atoms with Gasteiger partial charge in [0.1, 0.15) is 26.4 Å². The van der Waals surface area contributed by atoms with Crippen LogP contribution >= 0.6 is 0 Å². The quantitative estimate of drug-likeness (QED) is 0.267. The average molecular weight is 687 g/mol. The van der Waals surface area contributed by atoms with Crippen molar-refractivity contribution < 1.29 is 57.5 Å². The SMILES string of the molecule is O=C1CN(C(=O)OCc2ccccc2)[C@@]2(CON([C@H]3CON(C4(C(=O)OC(c5ccccc5)c5ccccc5)CCC(=O)O4)C3=O)C2=O)NO1. The van der Waals surface area contributed by atoms with Gasteiger partial charge >= 0.3 is 29.7 Å². The van der Waals surface area contributed by atoms with E-state index in [0.717, 1.165) is 4.90 Å². The highest BCUT2D eigenvalue weighted by Gasteiger charge is 2.65. The summed E-state index contributed by atoms with van der Waals surface area (Å²) in [7, 11) is 0. The molecule has 0 bridgehead atoms. The highest BCUT2D eigenvalue weighted by Crippen LogP contribution is 2.39. The summed E-state index contributed by atoms with van der Waals surface area (Å²) in [4.78, 5) is 96.9. The molecule has 1 unspecified atom stereocenters. The van der Waals surface area contributed by atoms with Crippen molar-refractivity contribution in [2.45, 2.75) is 43.0 Å². The van der Waals surface area contributed by atoms with Crippen LogP contribution in [0.5, 0.6) is 0 Å². The predicted molar refractivity (Wildman–Crippen MR) is 164 cm³/mol. The first kappa shape index (κ1) is 32.7. The van der Waals surface area contributed by atoms with Gasteiger partial charge in [0, 0.05) is 6.42 Å². The van der Waals surface area contributed by atoms with Gasteiger partial charge in [0.2, 0.25) is 5.66 Å². The Labute approximate surface area is 284 Å². The summed E-state index contributed by atoms with van der Waals surface area (Å²) < 4.78 is 16.8. The Morgan fingerprint density at radius 3 is 2.12 bits per heavy atom. The van der Waals surface area contributed by atoms with Crippen LogP contribution in [0.2, 0.25) is 0 Å². The Morgan fingerprint density at radius 1 is 0.860 bits per heavy atom. The fraction of sp³-hybridized carbons (Fsp3) is 0.294. The first-order valence-electron chi connectivity index (χ1n) is 15.6. The average Bonchev–Trinajstić information content (AvgIpc) is 3.83. The number of nitrogens with one attached hydrogen (secondary N) is 1. The van der Waals surface area contributed by atoms with Crippen molar-refractivity contribution in [3.8, 4) is 0 Å². The van der Waals surface area contributed by atoms with Gasteiger partial charge in [-0.3, -0.25) is 29.0 Å². The molecule has 3 aromatic carbocycles. The second-order valence-electron chi connectivity index (χ2n) is 11.8. The molecule has 3 aromatic rings. The maximum Gasteiger partial charge on any atom is 0.412 e. The van der Waals surface area contributed by atoms with E-state index in [1.807, 2.05) is 0 Å². The fourth-order valence-electron chi connectivity index (χ4n) is 6.05. The molecular formula is C34H30N4O12. The molecule has 258 valence electrons. The molecule has 1 spiro atoms. The van der Waals surface area contributed by atoms with Crippen LogP contribution in [0.1, 0.15) is 35.6 Å². The normalized spacial score (nSPS) is 24.9. The molecule has 0 aliphatic carbocycles. The van der Waals surface area contributed by atoms with Crippen LogP contribution in [0.3, 0.4) is 0 Å². The van der Waals surface area contributed by atoms with E-state index in [1.54, 1.807) is 91.0 Å². The maximum atomic E-state index is 14.0. The molecule has 3 atom stereocenters. The molecule has 0 radical (unpaired) electrons. The summed E-state index contributed by atoms with van der Waals surface area (Å²) >= 11 is 0. The van der Waals surface area contributed by atoms with Gasteiger partial charge in [0.25, 0.3) is 11.8 Å². The Hall–Kier alpha value is -5.84. The number of hydrogen-bond donors (Lipinski definition) is 1. The zero-order valence-corrected chi connectivity index (χ0v) is 26.3. The maximum absolute atomic E-state index is 14.0. The predicted octanol–water partition coefficient (Wildman–Crippen LogP) is 1.67. The molecule has 4 saturated heterocycles. The monoisotopic (exact) mass is 686 g/mol. The summed E-state index contributed by atoms with van der Waals surface area (Å²) in [5.74, 6) is -4.68. The molecule has 7 rings (SSSR count). The number of ether oxygens (including phenoxy) is 3. The Kier molecular flexibility index (Phi) is 8.65. The number of esters is 2. The van der Waals surface area contributed by atoms with Crippen LogP contribution in [0.25, 0.3) is 0 Å². The van der Waals surface area contributed by atoms with Gasteiger partial charge in [-0.15, -0.1) is 5.48 Å². The minimum atomic E-state index is -2.32. The highest BCUT2D eigenvalue weighted by atomic mass is 16.8. The summed E-state index contributed by atoms with van der Waals surface area (Å²) in [5, 5.41) is 1.26. The van der Waals surface area contributed by atoms with Crippen molar-refractivity contribution in [3.05, 3.63) is 108 Å². The number of carbonyl (C=O) groups excluding carboxylic acids is 6. The van der Waals surface area contributed by atoms with E-state index < -0.39 is 79.1 Å². The van der Waals surface area contributed by atoms with Crippen LogP contribution in [0, 0.1) is 0 Å². The van der Waals surface area contributed by atoms with E-state index >= 15 is 0 Å². The van der Waals surface area contributed by atoms with Crippen molar-refractivity contribution in [3.63, 3.8) is 0 Å². The number of carbonyl (C=O) groups is 6. The van der Waals surface area contributed by atoms with Gasteiger partial charge in [-0.1, -0.05) is 91.0 Å². The van der Waals surface area contributed by atoms with Gasteiger partial charge < -0.3 is 19.0 Å². The first-order chi connectivity index (χ1) is 24.2. The number of amides is 3. The second-order valence-corrected chi connectivity index (χ2v) is 11.8. The molecule has 4 aliphatic heterocycles. The Bertz CT molecular complexity index is 1770. The van der Waals surface area contributed by atoms with Crippen LogP contribution in [-0.2, 0) is 59.3 Å². The molecule has 1 N–H and O–H groups in total. The zero-order chi connectivity index (χ0) is 34.9. The van der Waals surface area contributed by atoms with Crippen molar-refractivity contribution in [1.29, 1.82) is 0 Å². The molecule has 50 heavy (non-hydrogen) atoms. The smallest absolute Gasteiger partial charge is 0.412 e. The lowest BCUT2D eigenvalue weighted by atomic mass is 10.0. The molecule has 4 heterocycles. The van der Waals surface area contributed by atoms with Gasteiger partial charge in [-0.2, -0.15) is 5.06 Å².